The summed E-state index contributed by atoms with van der Waals surface area (Å²) in [4.78, 5) is 29.4. The molecule has 0 atom stereocenters. The average Bonchev–Trinajstić information content (AvgIpc) is 2.70. The minimum Gasteiger partial charge on any atom is -0.348 e. The predicted octanol–water partition coefficient (Wildman–Crippen LogP) is 4.27. The molecule has 0 saturated heterocycles. The van der Waals surface area contributed by atoms with Gasteiger partial charge in [0.1, 0.15) is 5.69 Å². The molecular weight excluding hydrogens is 338 g/mol. The van der Waals surface area contributed by atoms with E-state index in [4.69, 9.17) is 0 Å². The third kappa shape index (κ3) is 4.73. The van der Waals surface area contributed by atoms with Gasteiger partial charge in [0, 0.05) is 23.5 Å². The number of nitrogens with zero attached hydrogens (tertiary/aromatic N) is 1. The summed E-state index contributed by atoms with van der Waals surface area (Å²) < 4.78 is 0. The van der Waals surface area contributed by atoms with Crippen LogP contribution in [0.2, 0.25) is 0 Å². The van der Waals surface area contributed by atoms with Gasteiger partial charge in [0.2, 0.25) is 0 Å². The molecule has 1 aromatic heterocycles. The van der Waals surface area contributed by atoms with Crippen LogP contribution in [0.15, 0.2) is 36.5 Å². The number of carbonyl (C=O) groups excluding carboxylic acids is 2. The molecule has 1 aliphatic carbocycles. The molecule has 1 aromatic carbocycles. The van der Waals surface area contributed by atoms with Crippen LogP contribution in [-0.4, -0.2) is 22.8 Å². The summed E-state index contributed by atoms with van der Waals surface area (Å²) in [6.07, 6.45) is 7.91. The number of carbonyl (C=O) groups is 2. The zero-order valence-corrected chi connectivity index (χ0v) is 16.0. The van der Waals surface area contributed by atoms with Gasteiger partial charge >= 0.3 is 0 Å². The number of rotatable bonds is 5. The molecule has 0 bridgehead atoms. The molecule has 0 unspecified atom stereocenters. The van der Waals surface area contributed by atoms with Crippen molar-refractivity contribution in [3.05, 3.63) is 58.9 Å². The highest BCUT2D eigenvalue weighted by Crippen LogP contribution is 2.22. The van der Waals surface area contributed by atoms with E-state index in [0.29, 0.717) is 5.56 Å². The second kappa shape index (κ2) is 8.80. The molecule has 5 nitrogen and oxygen atoms in total. The van der Waals surface area contributed by atoms with Gasteiger partial charge < -0.3 is 10.6 Å². The third-order valence-electron chi connectivity index (χ3n) is 5.17. The lowest BCUT2D eigenvalue weighted by Gasteiger charge is -2.22. The van der Waals surface area contributed by atoms with Crippen molar-refractivity contribution in [2.75, 3.05) is 5.32 Å². The lowest BCUT2D eigenvalue weighted by atomic mass is 9.95. The number of anilines is 1. The van der Waals surface area contributed by atoms with Gasteiger partial charge in [0.15, 0.2) is 0 Å². The first kappa shape index (κ1) is 19.1. The molecule has 0 aliphatic heterocycles. The Bertz CT molecular complexity index is 826. The molecule has 0 radical (unpaired) electrons. The first-order valence-electron chi connectivity index (χ1n) is 9.75. The van der Waals surface area contributed by atoms with E-state index in [1.807, 2.05) is 25.1 Å². The Morgan fingerprint density at radius 3 is 2.63 bits per heavy atom. The molecule has 0 spiro atoms. The molecule has 142 valence electrons. The minimum absolute atomic E-state index is 0.207. The van der Waals surface area contributed by atoms with E-state index in [1.54, 1.807) is 12.1 Å². The second-order valence-electron chi connectivity index (χ2n) is 7.15. The minimum atomic E-state index is -0.229. The number of para-hydroxylation sites is 1. The number of aromatic nitrogens is 1. The smallest absolute Gasteiger partial charge is 0.270 e. The van der Waals surface area contributed by atoms with Gasteiger partial charge in [-0.25, -0.2) is 0 Å². The highest BCUT2D eigenvalue weighted by molar-refractivity contribution is 6.06. The van der Waals surface area contributed by atoms with E-state index < -0.39 is 0 Å². The molecule has 2 amide bonds. The Kier molecular flexibility index (Phi) is 6.22. The van der Waals surface area contributed by atoms with Gasteiger partial charge in [-0.05, 0) is 49.4 Å². The maximum absolute atomic E-state index is 12.7. The van der Waals surface area contributed by atoms with Crippen LogP contribution in [0.1, 0.15) is 71.0 Å². The second-order valence-corrected chi connectivity index (χ2v) is 7.15. The maximum atomic E-state index is 12.7. The van der Waals surface area contributed by atoms with E-state index in [1.165, 1.54) is 12.6 Å². The fourth-order valence-electron chi connectivity index (χ4n) is 3.59. The molecule has 1 saturated carbocycles. The maximum Gasteiger partial charge on any atom is 0.270 e. The summed E-state index contributed by atoms with van der Waals surface area (Å²) in [5, 5.41) is 6.04. The van der Waals surface area contributed by atoms with Crippen molar-refractivity contribution in [1.29, 1.82) is 0 Å². The Hall–Kier alpha value is -2.69. The predicted molar refractivity (Wildman–Crippen MR) is 107 cm³/mol. The zero-order chi connectivity index (χ0) is 19.2. The van der Waals surface area contributed by atoms with Crippen molar-refractivity contribution < 1.29 is 9.59 Å². The number of hydrogen-bond acceptors (Lipinski definition) is 3. The monoisotopic (exact) mass is 365 g/mol. The Morgan fingerprint density at radius 2 is 1.89 bits per heavy atom. The van der Waals surface area contributed by atoms with Crippen LogP contribution in [-0.2, 0) is 6.42 Å². The zero-order valence-electron chi connectivity index (χ0n) is 16.0. The number of hydrogen-bond donors (Lipinski definition) is 2. The van der Waals surface area contributed by atoms with E-state index in [-0.39, 0.29) is 23.6 Å². The standard InChI is InChI=1S/C22H27N3O2/c1-3-16-9-7-8-15(2)20(16)25-21(26)17-12-13-23-19(14-17)22(27)24-18-10-5-4-6-11-18/h7-9,12-14,18H,3-6,10-11H2,1-2H3,(H,24,27)(H,25,26). The molecule has 1 aliphatic rings. The molecule has 2 aromatic rings. The van der Waals surface area contributed by atoms with Crippen molar-refractivity contribution in [2.24, 2.45) is 0 Å². The average molecular weight is 365 g/mol. The molecular formula is C22H27N3O2. The first-order valence-corrected chi connectivity index (χ1v) is 9.75. The van der Waals surface area contributed by atoms with E-state index in [9.17, 15) is 9.59 Å². The van der Waals surface area contributed by atoms with E-state index in [2.05, 4.69) is 22.5 Å². The highest BCUT2D eigenvalue weighted by atomic mass is 16.2. The van der Waals surface area contributed by atoms with Crippen LogP contribution in [0.3, 0.4) is 0 Å². The van der Waals surface area contributed by atoms with Gasteiger partial charge in [0.25, 0.3) is 11.8 Å². The third-order valence-corrected chi connectivity index (χ3v) is 5.17. The molecule has 5 heteroatoms. The summed E-state index contributed by atoms with van der Waals surface area (Å²) >= 11 is 0. The Balaban J connectivity index is 1.73. The number of pyridine rings is 1. The number of nitrogens with one attached hydrogen (secondary N) is 2. The van der Waals surface area contributed by atoms with Crippen molar-refractivity contribution in [1.82, 2.24) is 10.3 Å². The summed E-state index contributed by atoms with van der Waals surface area (Å²) in [5.74, 6) is -0.435. The molecule has 2 N–H and O–H groups in total. The van der Waals surface area contributed by atoms with Crippen LogP contribution in [0.25, 0.3) is 0 Å². The van der Waals surface area contributed by atoms with Gasteiger partial charge in [-0.15, -0.1) is 0 Å². The van der Waals surface area contributed by atoms with Gasteiger partial charge in [0.05, 0.1) is 0 Å². The quantitative estimate of drug-likeness (QED) is 0.831. The van der Waals surface area contributed by atoms with Gasteiger partial charge in [-0.1, -0.05) is 44.4 Å². The van der Waals surface area contributed by atoms with E-state index in [0.717, 1.165) is 48.9 Å². The highest BCUT2D eigenvalue weighted by Gasteiger charge is 2.19. The van der Waals surface area contributed by atoms with Crippen LogP contribution < -0.4 is 10.6 Å². The molecule has 1 fully saturated rings. The van der Waals surface area contributed by atoms with Crippen LogP contribution in [0.5, 0.6) is 0 Å². The van der Waals surface area contributed by atoms with Crippen LogP contribution in [0.4, 0.5) is 5.69 Å². The summed E-state index contributed by atoms with van der Waals surface area (Å²) in [6, 6.07) is 9.39. The molecule has 1 heterocycles. The van der Waals surface area contributed by atoms with Crippen LogP contribution >= 0.6 is 0 Å². The largest absolute Gasteiger partial charge is 0.348 e. The number of amides is 2. The lowest BCUT2D eigenvalue weighted by Crippen LogP contribution is -2.36. The van der Waals surface area contributed by atoms with E-state index >= 15 is 0 Å². The van der Waals surface area contributed by atoms with Gasteiger partial charge in [-0.3, -0.25) is 14.6 Å². The van der Waals surface area contributed by atoms with Crippen molar-refractivity contribution >= 4 is 17.5 Å². The normalized spacial score (nSPS) is 14.6. The first-order chi connectivity index (χ1) is 13.1. The fourth-order valence-corrected chi connectivity index (χ4v) is 3.59. The lowest BCUT2D eigenvalue weighted by molar-refractivity contribution is 0.0922. The Labute approximate surface area is 160 Å². The number of benzene rings is 1. The van der Waals surface area contributed by atoms with Gasteiger partial charge in [-0.2, -0.15) is 0 Å². The molecule has 3 rings (SSSR count). The number of aryl methyl sites for hydroxylation is 2. The van der Waals surface area contributed by atoms with Crippen molar-refractivity contribution in [3.63, 3.8) is 0 Å². The molecule has 27 heavy (non-hydrogen) atoms. The summed E-state index contributed by atoms with van der Waals surface area (Å²) in [6.45, 7) is 4.04. The van der Waals surface area contributed by atoms with Crippen LogP contribution in [0, 0.1) is 6.92 Å². The Morgan fingerprint density at radius 1 is 1.11 bits per heavy atom. The topological polar surface area (TPSA) is 71.1 Å². The fraction of sp³-hybridized carbons (Fsp3) is 0.409. The summed E-state index contributed by atoms with van der Waals surface area (Å²) in [7, 11) is 0. The van der Waals surface area contributed by atoms with Crippen molar-refractivity contribution in [3.8, 4) is 0 Å². The SMILES string of the molecule is CCc1cccc(C)c1NC(=O)c1ccnc(C(=O)NC2CCCCC2)c1. The summed E-state index contributed by atoms with van der Waals surface area (Å²) in [5.41, 5.74) is 3.67. The van der Waals surface area contributed by atoms with Crippen molar-refractivity contribution in [2.45, 2.75) is 58.4 Å².